The van der Waals surface area contributed by atoms with E-state index in [2.05, 4.69) is 22.1 Å². The Labute approximate surface area is 120 Å². The summed E-state index contributed by atoms with van der Waals surface area (Å²) in [5, 5.41) is 4.49. The van der Waals surface area contributed by atoms with Gasteiger partial charge in [-0.05, 0) is 44.4 Å². The first-order chi connectivity index (χ1) is 9.24. The quantitative estimate of drug-likeness (QED) is 0.919. The number of hydrogen-bond acceptors (Lipinski definition) is 3. The molecule has 3 nitrogen and oxygen atoms in total. The van der Waals surface area contributed by atoms with Crippen LogP contribution < -0.4 is 5.32 Å². The van der Waals surface area contributed by atoms with Gasteiger partial charge in [0.05, 0.1) is 5.69 Å². The minimum atomic E-state index is 0.699. The molecule has 0 aromatic carbocycles. The van der Waals surface area contributed by atoms with Crippen molar-refractivity contribution in [3.05, 3.63) is 29.0 Å². The van der Waals surface area contributed by atoms with Crippen LogP contribution in [-0.2, 0) is 6.54 Å². The van der Waals surface area contributed by atoms with Gasteiger partial charge in [-0.3, -0.25) is 9.88 Å². The highest BCUT2D eigenvalue weighted by Gasteiger charge is 2.35. The Kier molecular flexibility index (Phi) is 4.06. The topological polar surface area (TPSA) is 28.2 Å². The number of aromatic nitrogens is 1. The maximum absolute atomic E-state index is 6.05. The Morgan fingerprint density at radius 2 is 2.11 bits per heavy atom. The molecule has 0 aliphatic carbocycles. The molecule has 2 atom stereocenters. The van der Waals surface area contributed by atoms with Crippen LogP contribution in [0.15, 0.2) is 18.3 Å². The van der Waals surface area contributed by atoms with Gasteiger partial charge in [-0.15, -0.1) is 0 Å². The van der Waals surface area contributed by atoms with E-state index in [4.69, 9.17) is 11.6 Å². The van der Waals surface area contributed by atoms with Crippen LogP contribution >= 0.6 is 11.6 Å². The van der Waals surface area contributed by atoms with Gasteiger partial charge >= 0.3 is 0 Å². The van der Waals surface area contributed by atoms with Crippen LogP contribution in [0, 0.1) is 0 Å². The number of nitrogens with zero attached hydrogens (tertiary/aromatic N) is 2. The largest absolute Gasteiger partial charge is 0.311 e. The van der Waals surface area contributed by atoms with Crippen molar-refractivity contribution in [2.24, 2.45) is 0 Å². The maximum atomic E-state index is 6.05. The molecule has 2 aliphatic rings. The van der Waals surface area contributed by atoms with E-state index in [1.54, 1.807) is 6.20 Å². The first kappa shape index (κ1) is 13.3. The number of nitrogens with one attached hydrogen (secondary N) is 1. The normalized spacial score (nSPS) is 29.9. The summed E-state index contributed by atoms with van der Waals surface area (Å²) in [6.07, 6.45) is 7.08. The lowest BCUT2D eigenvalue weighted by Crippen LogP contribution is -2.48. The van der Waals surface area contributed by atoms with Gasteiger partial charge in [0.25, 0.3) is 0 Å². The predicted octanol–water partition coefficient (Wildman–Crippen LogP) is 2.84. The highest BCUT2D eigenvalue weighted by Crippen LogP contribution is 2.30. The molecule has 0 saturated carbocycles. The van der Waals surface area contributed by atoms with E-state index in [9.17, 15) is 0 Å². The van der Waals surface area contributed by atoms with Crippen molar-refractivity contribution >= 4 is 11.6 Å². The fourth-order valence-corrected chi connectivity index (χ4v) is 3.75. The van der Waals surface area contributed by atoms with E-state index < -0.39 is 0 Å². The second-order valence-corrected chi connectivity index (χ2v) is 6.23. The molecule has 2 bridgehead atoms. The fraction of sp³-hybridized carbons (Fsp3) is 0.667. The summed E-state index contributed by atoms with van der Waals surface area (Å²) in [6, 6.07) is 6.01. The number of fused-ring (bicyclic) bond motifs is 2. The zero-order valence-corrected chi connectivity index (χ0v) is 12.2. The average molecular weight is 280 g/mol. The number of hydrogen-bond donors (Lipinski definition) is 1. The second kappa shape index (κ2) is 5.78. The summed E-state index contributed by atoms with van der Waals surface area (Å²) in [4.78, 5) is 6.99. The van der Waals surface area contributed by atoms with Gasteiger partial charge in [-0.1, -0.05) is 18.5 Å². The summed E-state index contributed by atoms with van der Waals surface area (Å²) in [7, 11) is 0. The molecule has 3 heterocycles. The molecule has 4 heteroatoms. The van der Waals surface area contributed by atoms with Crippen LogP contribution in [0.5, 0.6) is 0 Å². The van der Waals surface area contributed by atoms with Crippen molar-refractivity contribution < 1.29 is 0 Å². The van der Waals surface area contributed by atoms with Crippen molar-refractivity contribution in [3.8, 4) is 0 Å². The van der Waals surface area contributed by atoms with Gasteiger partial charge in [0.2, 0.25) is 0 Å². The molecule has 1 aromatic rings. The first-order valence-electron chi connectivity index (χ1n) is 7.35. The van der Waals surface area contributed by atoms with Crippen LogP contribution in [0.25, 0.3) is 0 Å². The van der Waals surface area contributed by atoms with Crippen molar-refractivity contribution in [1.82, 2.24) is 15.2 Å². The molecular formula is C15H22ClN3. The lowest BCUT2D eigenvalue weighted by Gasteiger charge is -2.37. The average Bonchev–Trinajstić information content (AvgIpc) is 2.75. The molecule has 19 heavy (non-hydrogen) atoms. The lowest BCUT2D eigenvalue weighted by molar-refractivity contribution is 0.139. The number of halogens is 1. The molecule has 1 aromatic heterocycles. The molecule has 2 fully saturated rings. The Balaban J connectivity index is 1.67. The van der Waals surface area contributed by atoms with E-state index >= 15 is 0 Å². The maximum Gasteiger partial charge on any atom is 0.0558 e. The van der Waals surface area contributed by atoms with Gasteiger partial charge in [-0.2, -0.15) is 0 Å². The zero-order chi connectivity index (χ0) is 13.2. The molecule has 1 N–H and O–H groups in total. The predicted molar refractivity (Wildman–Crippen MR) is 78.3 cm³/mol. The third-order valence-corrected chi connectivity index (χ3v) is 4.75. The third-order valence-electron chi connectivity index (χ3n) is 4.51. The van der Waals surface area contributed by atoms with E-state index in [1.807, 2.05) is 12.1 Å². The monoisotopic (exact) mass is 279 g/mol. The van der Waals surface area contributed by atoms with E-state index in [0.717, 1.165) is 35.9 Å². The Bertz CT molecular complexity index is 425. The highest BCUT2D eigenvalue weighted by atomic mass is 35.5. The lowest BCUT2D eigenvalue weighted by atomic mass is 9.98. The highest BCUT2D eigenvalue weighted by molar-refractivity contribution is 6.30. The number of rotatable bonds is 4. The third kappa shape index (κ3) is 3.10. The van der Waals surface area contributed by atoms with Crippen molar-refractivity contribution in [1.29, 1.82) is 0 Å². The van der Waals surface area contributed by atoms with Crippen LogP contribution in [0.1, 0.15) is 38.3 Å². The smallest absolute Gasteiger partial charge is 0.0558 e. The second-order valence-electron chi connectivity index (χ2n) is 5.79. The molecule has 104 valence electrons. The summed E-state index contributed by atoms with van der Waals surface area (Å²) < 4.78 is 0. The molecule has 2 unspecified atom stereocenters. The standard InChI is InChI=1S/C15H22ClN3/c1-2-19(10-14-7-11(16)5-6-17-14)15-8-12-3-4-13(9-15)18-12/h5-7,12-13,15,18H,2-4,8-10H2,1H3. The molecule has 0 radical (unpaired) electrons. The van der Waals surface area contributed by atoms with Crippen LogP contribution in [-0.4, -0.2) is 34.6 Å². The molecular weight excluding hydrogens is 258 g/mol. The summed E-state index contributed by atoms with van der Waals surface area (Å²) in [6.45, 7) is 4.24. The molecule has 3 rings (SSSR count). The molecule has 0 spiro atoms. The SMILES string of the molecule is CCN(Cc1cc(Cl)ccn1)C1CC2CCC(C1)N2. The summed E-state index contributed by atoms with van der Waals surface area (Å²) in [5.74, 6) is 0. The Morgan fingerprint density at radius 3 is 2.74 bits per heavy atom. The number of piperidine rings is 1. The van der Waals surface area contributed by atoms with Gasteiger partial charge in [0.1, 0.15) is 0 Å². The van der Waals surface area contributed by atoms with Crippen LogP contribution in [0.2, 0.25) is 5.02 Å². The Morgan fingerprint density at radius 1 is 1.37 bits per heavy atom. The van der Waals surface area contributed by atoms with Gasteiger partial charge in [-0.25, -0.2) is 0 Å². The Hall–Kier alpha value is -0.640. The van der Waals surface area contributed by atoms with E-state index in [1.165, 1.54) is 25.7 Å². The van der Waals surface area contributed by atoms with Crippen molar-refractivity contribution in [3.63, 3.8) is 0 Å². The zero-order valence-electron chi connectivity index (χ0n) is 11.5. The first-order valence-corrected chi connectivity index (χ1v) is 7.73. The molecule has 2 saturated heterocycles. The van der Waals surface area contributed by atoms with E-state index in [0.29, 0.717) is 6.04 Å². The molecule has 0 amide bonds. The van der Waals surface area contributed by atoms with Crippen LogP contribution in [0.3, 0.4) is 0 Å². The molecule has 2 aliphatic heterocycles. The minimum absolute atomic E-state index is 0.699. The van der Waals surface area contributed by atoms with Gasteiger partial charge in [0, 0.05) is 35.9 Å². The fourth-order valence-electron chi connectivity index (χ4n) is 3.57. The summed E-state index contributed by atoms with van der Waals surface area (Å²) in [5.41, 5.74) is 1.08. The van der Waals surface area contributed by atoms with Crippen LogP contribution in [0.4, 0.5) is 0 Å². The minimum Gasteiger partial charge on any atom is -0.311 e. The van der Waals surface area contributed by atoms with Gasteiger partial charge in [0.15, 0.2) is 0 Å². The van der Waals surface area contributed by atoms with Crippen molar-refractivity contribution in [2.45, 2.75) is 57.3 Å². The van der Waals surface area contributed by atoms with E-state index in [-0.39, 0.29) is 0 Å². The number of pyridine rings is 1. The summed E-state index contributed by atoms with van der Waals surface area (Å²) >= 11 is 6.05. The van der Waals surface area contributed by atoms with Gasteiger partial charge < -0.3 is 5.32 Å². The van der Waals surface area contributed by atoms with Crippen molar-refractivity contribution in [2.75, 3.05) is 6.54 Å².